The summed E-state index contributed by atoms with van der Waals surface area (Å²) in [6.07, 6.45) is 0. The van der Waals surface area contributed by atoms with Gasteiger partial charge in [-0.15, -0.1) is 0 Å². The van der Waals surface area contributed by atoms with Crippen LogP contribution in [-0.2, 0) is 4.74 Å². The summed E-state index contributed by atoms with van der Waals surface area (Å²) in [4.78, 5) is 14.6. The number of rotatable bonds is 3. The van der Waals surface area contributed by atoms with E-state index in [1.807, 2.05) is 50.8 Å². The molecule has 1 saturated heterocycles. The zero-order chi connectivity index (χ0) is 14.8. The van der Waals surface area contributed by atoms with E-state index < -0.39 is 0 Å². The second-order valence-corrected chi connectivity index (χ2v) is 5.91. The van der Waals surface area contributed by atoms with Gasteiger partial charge in [-0.1, -0.05) is 6.07 Å². The fraction of sp³-hybridized carbons (Fsp3) is 0.562. The third-order valence-electron chi connectivity index (χ3n) is 3.49. The van der Waals surface area contributed by atoms with E-state index in [0.29, 0.717) is 19.7 Å². The molecule has 110 valence electrons. The number of carbonyl (C=O) groups excluding carboxylic acids is 1. The summed E-state index contributed by atoms with van der Waals surface area (Å²) in [6.45, 7) is 10.8. The Balaban J connectivity index is 2.24. The van der Waals surface area contributed by atoms with Crippen LogP contribution in [0.15, 0.2) is 18.2 Å². The molecule has 0 atom stereocenters. The number of morpholine rings is 1. The van der Waals surface area contributed by atoms with E-state index in [0.717, 1.165) is 23.4 Å². The summed E-state index contributed by atoms with van der Waals surface area (Å²) >= 11 is 0. The lowest BCUT2D eigenvalue weighted by molar-refractivity contribution is -0.0763. The van der Waals surface area contributed by atoms with Gasteiger partial charge < -0.3 is 15.0 Å². The Morgan fingerprint density at radius 3 is 2.85 bits per heavy atom. The quantitative estimate of drug-likeness (QED) is 0.923. The minimum absolute atomic E-state index is 0.0809. The zero-order valence-corrected chi connectivity index (χ0v) is 12.8. The summed E-state index contributed by atoms with van der Waals surface area (Å²) in [6, 6.07) is 5.93. The predicted molar refractivity (Wildman–Crippen MR) is 81.3 cm³/mol. The van der Waals surface area contributed by atoms with Gasteiger partial charge in [0.05, 0.1) is 17.8 Å². The summed E-state index contributed by atoms with van der Waals surface area (Å²) in [7, 11) is 0. The summed E-state index contributed by atoms with van der Waals surface area (Å²) in [5.74, 6) is 0.0809. The topological polar surface area (TPSA) is 41.6 Å². The number of anilines is 1. The summed E-state index contributed by atoms with van der Waals surface area (Å²) < 4.78 is 5.67. The number of carbonyl (C=O) groups is 1. The fourth-order valence-electron chi connectivity index (χ4n) is 2.54. The minimum Gasteiger partial charge on any atom is -0.385 e. The number of hydrogen-bond acceptors (Lipinski definition) is 3. The molecule has 1 N–H and O–H groups in total. The number of nitrogens with zero attached hydrogens (tertiary/aromatic N) is 1. The van der Waals surface area contributed by atoms with Crippen molar-refractivity contribution < 1.29 is 9.53 Å². The lowest BCUT2D eigenvalue weighted by Gasteiger charge is -2.38. The van der Waals surface area contributed by atoms with Crippen LogP contribution in [0.25, 0.3) is 0 Å². The molecule has 1 amide bonds. The van der Waals surface area contributed by atoms with Gasteiger partial charge in [0.15, 0.2) is 0 Å². The Kier molecular flexibility index (Phi) is 4.33. The van der Waals surface area contributed by atoms with Crippen LogP contribution in [0.1, 0.15) is 36.7 Å². The third-order valence-corrected chi connectivity index (χ3v) is 3.49. The van der Waals surface area contributed by atoms with Crippen LogP contribution in [-0.4, -0.2) is 42.6 Å². The molecule has 0 saturated carbocycles. The van der Waals surface area contributed by atoms with Gasteiger partial charge in [-0.3, -0.25) is 4.79 Å². The highest BCUT2D eigenvalue weighted by atomic mass is 16.5. The number of nitrogens with one attached hydrogen (secondary N) is 1. The summed E-state index contributed by atoms with van der Waals surface area (Å²) in [5.41, 5.74) is 2.55. The van der Waals surface area contributed by atoms with Crippen molar-refractivity contribution in [2.75, 3.05) is 31.6 Å². The Labute approximate surface area is 121 Å². The maximum Gasteiger partial charge on any atom is 0.256 e. The van der Waals surface area contributed by atoms with Crippen LogP contribution in [0, 0.1) is 6.92 Å². The predicted octanol–water partition coefficient (Wildman–Crippen LogP) is 2.68. The first-order valence-electron chi connectivity index (χ1n) is 7.21. The van der Waals surface area contributed by atoms with Crippen molar-refractivity contribution in [3.63, 3.8) is 0 Å². The van der Waals surface area contributed by atoms with E-state index >= 15 is 0 Å². The molecular formula is C16H24N2O2. The molecule has 0 radical (unpaired) electrons. The molecule has 1 aliphatic heterocycles. The minimum atomic E-state index is -0.267. The Bertz CT molecular complexity index is 497. The molecule has 0 spiro atoms. The molecule has 1 aromatic rings. The Morgan fingerprint density at radius 1 is 1.45 bits per heavy atom. The number of aryl methyl sites for hydroxylation is 1. The van der Waals surface area contributed by atoms with Crippen LogP contribution in [0.2, 0.25) is 0 Å². The van der Waals surface area contributed by atoms with Gasteiger partial charge in [0.1, 0.15) is 0 Å². The van der Waals surface area contributed by atoms with Crippen molar-refractivity contribution in [2.45, 2.75) is 33.3 Å². The highest BCUT2D eigenvalue weighted by Crippen LogP contribution is 2.23. The van der Waals surface area contributed by atoms with Gasteiger partial charge in [0.2, 0.25) is 0 Å². The second kappa shape index (κ2) is 5.83. The molecule has 1 fully saturated rings. The van der Waals surface area contributed by atoms with Crippen LogP contribution in [0.3, 0.4) is 0 Å². The van der Waals surface area contributed by atoms with Gasteiger partial charge in [-0.05, 0) is 45.4 Å². The van der Waals surface area contributed by atoms with Gasteiger partial charge in [-0.25, -0.2) is 0 Å². The normalized spacial score (nSPS) is 17.9. The van der Waals surface area contributed by atoms with E-state index in [4.69, 9.17) is 4.74 Å². The maximum atomic E-state index is 12.7. The maximum absolute atomic E-state index is 12.7. The smallest absolute Gasteiger partial charge is 0.256 e. The second-order valence-electron chi connectivity index (χ2n) is 5.91. The van der Waals surface area contributed by atoms with Crippen molar-refractivity contribution in [3.8, 4) is 0 Å². The number of ether oxygens (including phenoxy) is 1. The van der Waals surface area contributed by atoms with E-state index in [1.54, 1.807) is 0 Å². The molecule has 4 heteroatoms. The van der Waals surface area contributed by atoms with Gasteiger partial charge in [0, 0.05) is 25.3 Å². The average molecular weight is 276 g/mol. The van der Waals surface area contributed by atoms with Crippen LogP contribution < -0.4 is 5.32 Å². The number of amides is 1. The summed E-state index contributed by atoms with van der Waals surface area (Å²) in [5, 5.41) is 3.28. The number of hydrogen-bond donors (Lipinski definition) is 1. The molecule has 0 unspecified atom stereocenters. The van der Waals surface area contributed by atoms with Gasteiger partial charge in [-0.2, -0.15) is 0 Å². The monoisotopic (exact) mass is 276 g/mol. The molecule has 20 heavy (non-hydrogen) atoms. The first-order chi connectivity index (χ1) is 9.43. The van der Waals surface area contributed by atoms with Crippen LogP contribution in [0.5, 0.6) is 0 Å². The van der Waals surface area contributed by atoms with Crippen LogP contribution in [0.4, 0.5) is 5.69 Å². The van der Waals surface area contributed by atoms with Gasteiger partial charge >= 0.3 is 0 Å². The average Bonchev–Trinajstić information content (AvgIpc) is 2.37. The molecule has 0 aromatic heterocycles. The molecule has 1 heterocycles. The third kappa shape index (κ3) is 3.31. The molecule has 0 aliphatic carbocycles. The lowest BCUT2D eigenvalue weighted by atomic mass is 10.0. The molecular weight excluding hydrogens is 252 g/mol. The highest BCUT2D eigenvalue weighted by Gasteiger charge is 2.31. The SMILES string of the molecule is CCNc1cc(C)ccc1C(=O)N1CCOC(C)(C)C1. The molecule has 4 nitrogen and oxygen atoms in total. The Hall–Kier alpha value is -1.55. The highest BCUT2D eigenvalue weighted by molar-refractivity contribution is 5.99. The van der Waals surface area contributed by atoms with E-state index in [-0.39, 0.29) is 11.5 Å². The van der Waals surface area contributed by atoms with Crippen molar-refractivity contribution in [1.82, 2.24) is 4.90 Å². The fourth-order valence-corrected chi connectivity index (χ4v) is 2.54. The largest absolute Gasteiger partial charge is 0.385 e. The van der Waals surface area contributed by atoms with Crippen molar-refractivity contribution in [3.05, 3.63) is 29.3 Å². The first kappa shape index (κ1) is 14.9. The van der Waals surface area contributed by atoms with E-state index in [9.17, 15) is 4.79 Å². The lowest BCUT2D eigenvalue weighted by Crippen LogP contribution is -2.50. The molecule has 1 aliphatic rings. The van der Waals surface area contributed by atoms with E-state index in [1.165, 1.54) is 0 Å². The standard InChI is InChI=1S/C16H24N2O2/c1-5-17-14-10-12(2)6-7-13(14)15(19)18-8-9-20-16(3,4)11-18/h6-7,10,17H,5,8-9,11H2,1-4H3. The number of benzene rings is 1. The zero-order valence-electron chi connectivity index (χ0n) is 12.8. The van der Waals surface area contributed by atoms with Crippen molar-refractivity contribution >= 4 is 11.6 Å². The Morgan fingerprint density at radius 2 is 2.20 bits per heavy atom. The first-order valence-corrected chi connectivity index (χ1v) is 7.21. The van der Waals surface area contributed by atoms with Crippen LogP contribution >= 0.6 is 0 Å². The van der Waals surface area contributed by atoms with Crippen molar-refractivity contribution in [2.24, 2.45) is 0 Å². The van der Waals surface area contributed by atoms with Crippen molar-refractivity contribution in [1.29, 1.82) is 0 Å². The molecule has 2 rings (SSSR count). The molecule has 1 aromatic carbocycles. The van der Waals surface area contributed by atoms with E-state index in [2.05, 4.69) is 5.32 Å². The molecule has 0 bridgehead atoms. The van der Waals surface area contributed by atoms with Gasteiger partial charge in [0.25, 0.3) is 5.91 Å².